The highest BCUT2D eigenvalue weighted by molar-refractivity contribution is 8.76. The zero-order valence-electron chi connectivity index (χ0n) is 78.3. The number of aliphatic carboxylic acids is 2. The van der Waals surface area contributed by atoms with Crippen molar-refractivity contribution < 1.29 is 97.1 Å². The molecule has 0 bridgehead atoms. The summed E-state index contributed by atoms with van der Waals surface area (Å²) in [5.74, 6) is -20.1. The lowest BCUT2D eigenvalue weighted by Gasteiger charge is -2.31. The van der Waals surface area contributed by atoms with Crippen LogP contribution in [0.1, 0.15) is 145 Å². The molecule has 0 unspecified atom stereocenters. The van der Waals surface area contributed by atoms with Crippen LogP contribution in [0.3, 0.4) is 0 Å². The molecule has 2 heterocycles. The van der Waals surface area contributed by atoms with Crippen LogP contribution in [0.5, 0.6) is 11.5 Å². The van der Waals surface area contributed by atoms with Crippen molar-refractivity contribution >= 4 is 151 Å². The van der Waals surface area contributed by atoms with Gasteiger partial charge in [0.1, 0.15) is 90.0 Å². The van der Waals surface area contributed by atoms with Crippen LogP contribution in [0, 0.1) is 21.6 Å². The molecule has 52 heteroatoms. The highest BCUT2D eigenvalue weighted by Gasteiger charge is 2.43. The first kappa shape index (κ1) is 115. The zero-order valence-corrected chi connectivity index (χ0v) is 79.9. The van der Waals surface area contributed by atoms with Crippen molar-refractivity contribution in [2.75, 3.05) is 63.9 Å². The van der Waals surface area contributed by atoms with Gasteiger partial charge in [-0.05, 0) is 187 Å². The summed E-state index contributed by atoms with van der Waals surface area (Å²) in [6.07, 6.45) is -3.06. The standard InChI is InChI=1S/C89H136N30O20S2/c90-35-5-3-16-57-73(126)112-62(17-4-6-36-91)83(136)119-42-12-22-69(119)82(135)116-65(45-50-26-31-55(121)32-27-50)78(131)110-59(19-9-39-104-87(97)98)72(125)109-60(20-10-41-106-89(101)139)75(128)117-67(80(133)113-63(84(137)138)21-11-40-105-88(99)100)47-140-141-48-68(81(134)115-64(44-49-24-29-54(120)30-25-49)77(130)111-61(76(129)108-57)33-34-70(122)123)118-79(132)66(46-51-23-28-52-13-1-2-14-53(52)43-51)114-74(127)58(18-8-38-103-86(95)96)107-71(124)56(92)15-7-37-102-85(93)94/h1-2,13-14,23-32,43,56-69,120-121H,3-12,15-22,33-42,44-48,90-92H2,(H,107,124)(H,108,129)(H,109,125)(H,110,131)(H,111,130)(H,112,126)(H,113,133)(H,114,127)(H,115,134)(H,116,135)(H,117,128)(H,118,132)(H,122,123)(H,137,138)(H4,93,94,102)(H4,95,96,103)(H4,97,98,104)(H4,99,100,105)(H3,101,106,139)/t56-,57-,58-,59-,60-,61-,62+,63-,64-,65-,66-,67-,68-,69-/m0/s1. The summed E-state index contributed by atoms with van der Waals surface area (Å²) in [5.41, 5.74) is 46.9. The Morgan fingerprint density at radius 3 is 1.36 bits per heavy atom. The number of nitrogens with zero attached hydrogens (tertiary/aromatic N) is 1. The SMILES string of the molecule is N=C(N)NCCC[C@H](NC(=O)[C@@H]1CSSC[C@H](NC(=O)[C@H](Cc2ccc3ccccc3c2)NC(=O)[C@H](CCCNC(=N)N)NC(=O)[C@@H](N)CCCNC(=N)N)C(=O)N[C@@H](Cc2ccc(O)cc2)C(=O)N[C@@H](CCC(=O)O)C(=O)N[C@@H](CCCCN)C(=O)N[C@H](CCCCN)C(=O)N2CCC[C@H]2C(=O)N[C@@H](Cc2ccc(O)cc2)C(=O)N[C@@H](CCCNC(=N)N)C(=O)N[C@@H](CCCNC(N)=O)C(=O)N1)C(=O)O. The number of carboxylic acids is 2. The minimum Gasteiger partial charge on any atom is -0.508 e. The van der Waals surface area contributed by atoms with E-state index in [1.807, 2.05) is 6.07 Å². The van der Waals surface area contributed by atoms with E-state index in [1.54, 1.807) is 36.4 Å². The Bertz CT molecular complexity index is 4940. The Balaban J connectivity index is 1.60. The molecule has 0 spiro atoms. The summed E-state index contributed by atoms with van der Waals surface area (Å²) < 4.78 is 0. The number of aromatic hydroxyl groups is 2. The maximum absolute atomic E-state index is 15.9. The van der Waals surface area contributed by atoms with E-state index < -0.39 is 234 Å². The summed E-state index contributed by atoms with van der Waals surface area (Å²) in [6, 6.07) is -1.40. The number of unbranched alkanes of at least 4 members (excludes halogenated alkanes) is 2. The predicted molar refractivity (Wildman–Crippen MR) is 526 cm³/mol. The Morgan fingerprint density at radius 1 is 0.433 bits per heavy atom. The van der Waals surface area contributed by atoms with E-state index in [4.69, 9.17) is 67.5 Å². The lowest BCUT2D eigenvalue weighted by atomic mass is 10.00. The number of fused-ring (bicyclic) bond motifs is 2. The maximum Gasteiger partial charge on any atom is 0.326 e. The summed E-state index contributed by atoms with van der Waals surface area (Å²) in [6.45, 7) is -0.0902. The second-order valence-electron chi connectivity index (χ2n) is 33.9. The van der Waals surface area contributed by atoms with Gasteiger partial charge in [-0.25, -0.2) is 9.59 Å². The second-order valence-corrected chi connectivity index (χ2v) is 36.5. The van der Waals surface area contributed by atoms with Crippen LogP contribution < -0.4 is 136 Å². The molecule has 0 aliphatic carbocycles. The van der Waals surface area contributed by atoms with E-state index in [0.29, 0.717) is 44.5 Å². The summed E-state index contributed by atoms with van der Waals surface area (Å²) in [5, 5.41) is 118. The topological polar surface area (TPSA) is 865 Å². The fourth-order valence-electron chi connectivity index (χ4n) is 15.2. The van der Waals surface area contributed by atoms with Gasteiger partial charge in [0.2, 0.25) is 76.8 Å². The number of phenols is 2. The average Bonchev–Trinajstić information content (AvgIpc) is 1.60. The van der Waals surface area contributed by atoms with Crippen molar-refractivity contribution in [3.63, 3.8) is 0 Å². The van der Waals surface area contributed by atoms with Crippen molar-refractivity contribution in [2.45, 2.75) is 232 Å². The van der Waals surface area contributed by atoms with E-state index >= 15 is 57.5 Å². The minimum absolute atomic E-state index is 0.00325. The van der Waals surface area contributed by atoms with Gasteiger partial charge < -0.3 is 162 Å². The minimum atomic E-state index is -1.94. The van der Waals surface area contributed by atoms with E-state index in [-0.39, 0.29) is 191 Å². The number of nitrogens with one attached hydrogen (secondary N) is 21. The van der Waals surface area contributed by atoms with Gasteiger partial charge in [-0.2, -0.15) is 0 Å². The van der Waals surface area contributed by atoms with Gasteiger partial charge in [-0.15, -0.1) is 0 Å². The van der Waals surface area contributed by atoms with Crippen LogP contribution in [-0.2, 0) is 91.2 Å². The number of hydrogen-bond acceptors (Lipinski definition) is 27. The van der Waals surface area contributed by atoms with Gasteiger partial charge in [0.05, 0.1) is 6.04 Å². The number of amides is 15. The Hall–Kier alpha value is -14.3. The van der Waals surface area contributed by atoms with Crippen LogP contribution in [0.2, 0.25) is 0 Å². The van der Waals surface area contributed by atoms with Gasteiger partial charge in [0.25, 0.3) is 0 Å². The molecule has 2 fully saturated rings. The fraction of sp³-hybridized carbons (Fsp3) is 0.528. The first-order valence-corrected chi connectivity index (χ1v) is 48.9. The third-order valence-corrected chi connectivity index (χ3v) is 25.2. The molecule has 2 aliphatic heterocycles. The number of urea groups is 1. The molecule has 774 valence electrons. The molecule has 41 N–H and O–H groups in total. The molecule has 2 aliphatic rings. The van der Waals surface area contributed by atoms with Gasteiger partial charge >= 0.3 is 18.0 Å². The lowest BCUT2D eigenvalue weighted by molar-refractivity contribution is -0.143. The number of hydrogen-bond donors (Lipinski definition) is 33. The molecule has 50 nitrogen and oxygen atoms in total. The molecule has 141 heavy (non-hydrogen) atoms. The van der Waals surface area contributed by atoms with Crippen LogP contribution >= 0.6 is 21.6 Å². The summed E-state index contributed by atoms with van der Waals surface area (Å²) in [4.78, 5) is 237. The van der Waals surface area contributed by atoms with Crippen molar-refractivity contribution in [3.05, 3.63) is 108 Å². The summed E-state index contributed by atoms with van der Waals surface area (Å²) >= 11 is 0. The smallest absolute Gasteiger partial charge is 0.326 e. The van der Waals surface area contributed by atoms with Crippen LogP contribution in [0.4, 0.5) is 4.79 Å². The Labute approximate surface area is 822 Å². The first-order valence-electron chi connectivity index (χ1n) is 46.4. The van der Waals surface area contributed by atoms with Gasteiger partial charge in [0.15, 0.2) is 23.8 Å². The third kappa shape index (κ3) is 42.5. The molecular formula is C89H136N30O20S2. The normalized spacial score (nSPS) is 20.4. The number of guanidine groups is 4. The average molecular weight is 2010 g/mol. The van der Waals surface area contributed by atoms with Crippen molar-refractivity contribution in [2.24, 2.45) is 45.9 Å². The van der Waals surface area contributed by atoms with Crippen molar-refractivity contribution in [1.82, 2.24) is 95.3 Å². The molecule has 6 rings (SSSR count). The van der Waals surface area contributed by atoms with Gasteiger partial charge in [-0.1, -0.05) is 88.3 Å². The molecule has 0 saturated carbocycles. The lowest BCUT2D eigenvalue weighted by Crippen LogP contribution is -2.61. The first-order chi connectivity index (χ1) is 67.2. The quantitative estimate of drug-likeness (QED) is 0.00849. The van der Waals surface area contributed by atoms with Crippen molar-refractivity contribution in [3.8, 4) is 11.5 Å². The molecule has 15 amide bonds. The number of phenolic OH excluding ortho intramolecular Hbond substituents is 2. The number of carboxylic acid groups (broad SMARTS) is 2. The van der Waals surface area contributed by atoms with Crippen LogP contribution in [0.25, 0.3) is 10.8 Å². The zero-order chi connectivity index (χ0) is 104. The molecule has 4 aromatic carbocycles. The monoisotopic (exact) mass is 2010 g/mol. The maximum atomic E-state index is 15.9. The third-order valence-electron chi connectivity index (χ3n) is 22.8. The number of rotatable bonds is 46. The van der Waals surface area contributed by atoms with E-state index in [2.05, 4.69) is 90.4 Å². The number of carbonyl (C=O) groups is 16. The van der Waals surface area contributed by atoms with E-state index in [0.717, 1.165) is 5.39 Å². The molecule has 0 aromatic heterocycles. The number of benzene rings is 4. The summed E-state index contributed by atoms with van der Waals surface area (Å²) in [7, 11) is 1.42. The van der Waals surface area contributed by atoms with E-state index in [9.17, 15) is 39.6 Å². The Kier molecular flexibility index (Phi) is 50.1. The van der Waals surface area contributed by atoms with E-state index in [1.165, 1.54) is 53.4 Å². The molecule has 2 saturated heterocycles. The van der Waals surface area contributed by atoms with Crippen molar-refractivity contribution in [1.29, 1.82) is 21.6 Å². The molecular weight excluding hydrogens is 1870 g/mol. The molecule has 4 aromatic rings. The van der Waals surface area contributed by atoms with Crippen LogP contribution in [0.15, 0.2) is 91.0 Å². The Morgan fingerprint density at radius 2 is 0.858 bits per heavy atom. The molecule has 14 atom stereocenters. The number of nitrogens with two attached hydrogens (primary N) is 8. The van der Waals surface area contributed by atoms with Gasteiger partial charge in [-0.3, -0.25) is 88.8 Å². The highest BCUT2D eigenvalue weighted by Crippen LogP contribution is 2.27. The number of carbonyl (C=O) groups excluding carboxylic acids is 14. The largest absolute Gasteiger partial charge is 0.508 e. The van der Waals surface area contributed by atoms with Gasteiger partial charge in [0, 0.05) is 76.5 Å². The molecule has 0 radical (unpaired) electrons. The second kappa shape index (κ2) is 61.2. The fourth-order valence-corrected chi connectivity index (χ4v) is 17.6. The predicted octanol–water partition coefficient (Wildman–Crippen LogP) is -5.48. The van der Waals surface area contributed by atoms with Crippen LogP contribution in [-0.4, -0.2) is 292 Å². The highest BCUT2D eigenvalue weighted by atomic mass is 33.1. The number of primary amides is 1.